The van der Waals surface area contributed by atoms with E-state index in [1.54, 1.807) is 12.3 Å². The van der Waals surface area contributed by atoms with Gasteiger partial charge < -0.3 is 24.5 Å². The highest BCUT2D eigenvalue weighted by molar-refractivity contribution is 6.33. The van der Waals surface area contributed by atoms with E-state index in [4.69, 9.17) is 43.0 Å². The van der Waals surface area contributed by atoms with Crippen LogP contribution in [0.2, 0.25) is 10.0 Å². The van der Waals surface area contributed by atoms with E-state index in [1.165, 1.54) is 0 Å². The highest BCUT2D eigenvalue weighted by atomic mass is 35.5. The van der Waals surface area contributed by atoms with Crippen LogP contribution in [0.25, 0.3) is 11.3 Å². The molecule has 3 aromatic rings. The molecule has 5 rings (SSSR count). The van der Waals surface area contributed by atoms with Crippen molar-refractivity contribution in [3.8, 4) is 11.3 Å². The summed E-state index contributed by atoms with van der Waals surface area (Å²) in [6.07, 6.45) is 1.48. The zero-order chi connectivity index (χ0) is 26.8. The van der Waals surface area contributed by atoms with Gasteiger partial charge in [0.1, 0.15) is 11.6 Å². The predicted molar refractivity (Wildman–Crippen MR) is 150 cm³/mol. The quantitative estimate of drug-likeness (QED) is 0.473. The minimum Gasteiger partial charge on any atom is -0.481 e. The molecule has 4 heterocycles. The van der Waals surface area contributed by atoms with Gasteiger partial charge in [-0.25, -0.2) is 9.97 Å². The molecule has 11 heteroatoms. The van der Waals surface area contributed by atoms with Crippen molar-refractivity contribution in [1.29, 1.82) is 0 Å². The van der Waals surface area contributed by atoms with Crippen LogP contribution in [0.15, 0.2) is 42.6 Å². The Morgan fingerprint density at radius 2 is 1.84 bits per heavy atom. The van der Waals surface area contributed by atoms with E-state index in [-0.39, 0.29) is 18.5 Å². The molecule has 0 spiro atoms. The Kier molecular flexibility index (Phi) is 7.88. The molecule has 200 valence electrons. The molecule has 2 unspecified atom stereocenters. The number of hydrogen-bond donors (Lipinski definition) is 1. The number of rotatable bonds is 6. The second-order valence-electron chi connectivity index (χ2n) is 9.74. The molecule has 9 nitrogen and oxygen atoms in total. The van der Waals surface area contributed by atoms with Gasteiger partial charge in [-0.05, 0) is 37.6 Å². The number of aliphatic carboxylic acids is 1. The summed E-state index contributed by atoms with van der Waals surface area (Å²) in [7, 11) is 0. The van der Waals surface area contributed by atoms with Crippen molar-refractivity contribution >= 4 is 46.8 Å². The van der Waals surface area contributed by atoms with Crippen LogP contribution in [0, 0.1) is 0 Å². The first kappa shape index (κ1) is 26.5. The molecular formula is C27H30Cl2N6O3. The van der Waals surface area contributed by atoms with Gasteiger partial charge in [-0.2, -0.15) is 4.98 Å². The molecule has 2 saturated heterocycles. The summed E-state index contributed by atoms with van der Waals surface area (Å²) in [4.78, 5) is 32.1. The van der Waals surface area contributed by atoms with Crippen LogP contribution in [-0.4, -0.2) is 77.5 Å². The maximum Gasteiger partial charge on any atom is 0.307 e. The Balaban J connectivity index is 1.42. The molecule has 0 bridgehead atoms. The number of anilines is 3. The molecule has 0 radical (unpaired) electrons. The van der Waals surface area contributed by atoms with Crippen molar-refractivity contribution < 1.29 is 14.6 Å². The van der Waals surface area contributed by atoms with E-state index in [2.05, 4.69) is 33.5 Å². The second-order valence-corrected chi connectivity index (χ2v) is 10.6. The lowest BCUT2D eigenvalue weighted by atomic mass is 10.1. The third kappa shape index (κ3) is 5.80. The highest BCUT2D eigenvalue weighted by Crippen LogP contribution is 2.31. The van der Waals surface area contributed by atoms with E-state index in [0.717, 1.165) is 23.6 Å². The van der Waals surface area contributed by atoms with Gasteiger partial charge in [-0.3, -0.25) is 4.79 Å². The van der Waals surface area contributed by atoms with Gasteiger partial charge in [0.2, 0.25) is 5.95 Å². The standard InChI is InChI=1S/C27H30Cl2N6O3/c1-17-15-33(26-22(29)11-19(14-30-26)12-25(36)37)7-8-34(17)24-13-23(20-3-5-21(28)6-4-20)31-27(32-24)35-9-10-38-16-18(35)2/h3-6,11,13-14,17-18H,7-10,12,15-16H2,1-2H3,(H,36,37). The Morgan fingerprint density at radius 3 is 2.53 bits per heavy atom. The fraction of sp³-hybridized carbons (Fsp3) is 0.407. The minimum atomic E-state index is -0.911. The number of nitrogens with zero attached hydrogens (tertiary/aromatic N) is 6. The summed E-state index contributed by atoms with van der Waals surface area (Å²) in [6.45, 7) is 8.38. The van der Waals surface area contributed by atoms with E-state index in [9.17, 15) is 4.79 Å². The van der Waals surface area contributed by atoms with Gasteiger partial charge in [0, 0.05) is 55.1 Å². The number of pyridine rings is 1. The van der Waals surface area contributed by atoms with Gasteiger partial charge in [0.15, 0.2) is 0 Å². The summed E-state index contributed by atoms with van der Waals surface area (Å²) in [6, 6.07) is 11.7. The molecule has 0 amide bonds. The number of halogens is 2. The molecule has 1 aromatic carbocycles. The Labute approximate surface area is 232 Å². The lowest BCUT2D eigenvalue weighted by molar-refractivity contribution is -0.136. The SMILES string of the molecule is CC1CN(c2ncc(CC(=O)O)cc2Cl)CCN1c1cc(-c2ccc(Cl)cc2)nc(N2CCOCC2C)n1. The molecule has 0 saturated carbocycles. The normalized spacial score (nSPS) is 20.1. The molecule has 2 aromatic heterocycles. The fourth-order valence-corrected chi connectivity index (χ4v) is 5.39. The Hall–Kier alpha value is -3.14. The summed E-state index contributed by atoms with van der Waals surface area (Å²) in [5, 5.41) is 10.2. The Bertz CT molecular complexity index is 1310. The van der Waals surface area contributed by atoms with E-state index >= 15 is 0 Å². The van der Waals surface area contributed by atoms with E-state index in [1.807, 2.05) is 30.3 Å². The average Bonchev–Trinajstić information content (AvgIpc) is 2.89. The lowest BCUT2D eigenvalue weighted by Gasteiger charge is -2.42. The van der Waals surface area contributed by atoms with Crippen LogP contribution in [0.5, 0.6) is 0 Å². The third-order valence-corrected chi connectivity index (χ3v) is 7.45. The van der Waals surface area contributed by atoms with Gasteiger partial charge in [-0.15, -0.1) is 0 Å². The van der Waals surface area contributed by atoms with E-state index < -0.39 is 5.97 Å². The number of aromatic nitrogens is 3. The molecule has 2 aliphatic rings. The Morgan fingerprint density at radius 1 is 1.05 bits per heavy atom. The third-order valence-electron chi connectivity index (χ3n) is 6.92. The van der Waals surface area contributed by atoms with Crippen LogP contribution < -0.4 is 14.7 Å². The number of carbonyl (C=O) groups is 1. The lowest BCUT2D eigenvalue weighted by Crippen LogP contribution is -2.53. The highest BCUT2D eigenvalue weighted by Gasteiger charge is 2.29. The van der Waals surface area contributed by atoms with Crippen molar-refractivity contribution in [2.45, 2.75) is 32.4 Å². The predicted octanol–water partition coefficient (Wildman–Crippen LogP) is 4.41. The average molecular weight is 557 g/mol. The van der Waals surface area contributed by atoms with Gasteiger partial charge in [0.05, 0.1) is 36.4 Å². The molecule has 0 aliphatic carbocycles. The number of piperazine rings is 1. The van der Waals surface area contributed by atoms with E-state index in [0.29, 0.717) is 60.2 Å². The maximum atomic E-state index is 11.0. The van der Waals surface area contributed by atoms with Crippen molar-refractivity contribution in [3.63, 3.8) is 0 Å². The molecule has 38 heavy (non-hydrogen) atoms. The number of carboxylic acids is 1. The number of morpholine rings is 1. The van der Waals surface area contributed by atoms with Crippen LogP contribution >= 0.6 is 23.2 Å². The zero-order valence-corrected chi connectivity index (χ0v) is 22.9. The van der Waals surface area contributed by atoms with Crippen molar-refractivity contribution in [1.82, 2.24) is 15.0 Å². The first-order valence-electron chi connectivity index (χ1n) is 12.7. The molecule has 2 aliphatic heterocycles. The topological polar surface area (TPSA) is 94.9 Å². The molecule has 1 N–H and O–H groups in total. The molecule has 2 atom stereocenters. The fourth-order valence-electron chi connectivity index (χ4n) is 4.96. The number of benzene rings is 1. The number of ether oxygens (including phenoxy) is 1. The minimum absolute atomic E-state index is 0.106. The summed E-state index contributed by atoms with van der Waals surface area (Å²) in [5.74, 6) is 1.31. The monoisotopic (exact) mass is 556 g/mol. The molecule has 2 fully saturated rings. The summed E-state index contributed by atoms with van der Waals surface area (Å²) < 4.78 is 5.64. The smallest absolute Gasteiger partial charge is 0.307 e. The zero-order valence-electron chi connectivity index (χ0n) is 21.3. The largest absolute Gasteiger partial charge is 0.481 e. The summed E-state index contributed by atoms with van der Waals surface area (Å²) in [5.41, 5.74) is 2.40. The second kappa shape index (κ2) is 11.3. The maximum absolute atomic E-state index is 11.0. The van der Waals surface area contributed by atoms with Gasteiger partial charge in [0.25, 0.3) is 0 Å². The van der Waals surface area contributed by atoms with Crippen LogP contribution in [-0.2, 0) is 16.0 Å². The molecular weight excluding hydrogens is 527 g/mol. The van der Waals surface area contributed by atoms with Gasteiger partial charge in [-0.1, -0.05) is 35.3 Å². The first-order chi connectivity index (χ1) is 18.3. The van der Waals surface area contributed by atoms with Crippen LogP contribution in [0.1, 0.15) is 19.4 Å². The van der Waals surface area contributed by atoms with Crippen molar-refractivity contribution in [3.05, 3.63) is 58.2 Å². The first-order valence-corrected chi connectivity index (χ1v) is 13.4. The summed E-state index contributed by atoms with van der Waals surface area (Å²) >= 11 is 12.7. The number of carboxylic acid groups (broad SMARTS) is 1. The number of hydrogen-bond acceptors (Lipinski definition) is 8. The van der Waals surface area contributed by atoms with Crippen molar-refractivity contribution in [2.24, 2.45) is 0 Å². The van der Waals surface area contributed by atoms with Crippen LogP contribution in [0.4, 0.5) is 17.6 Å². The van der Waals surface area contributed by atoms with Crippen molar-refractivity contribution in [2.75, 3.05) is 54.1 Å². The van der Waals surface area contributed by atoms with Gasteiger partial charge >= 0.3 is 5.97 Å². The van der Waals surface area contributed by atoms with Crippen LogP contribution in [0.3, 0.4) is 0 Å².